The third-order valence-electron chi connectivity index (χ3n) is 2.77. The second-order valence-corrected chi connectivity index (χ2v) is 4.80. The van der Waals surface area contributed by atoms with E-state index in [-0.39, 0.29) is 0 Å². The lowest BCUT2D eigenvalue weighted by Crippen LogP contribution is -2.46. The molecule has 6 heteroatoms. The minimum atomic E-state index is -0.618. The van der Waals surface area contributed by atoms with E-state index in [1.165, 1.54) is 0 Å². The van der Waals surface area contributed by atoms with Crippen LogP contribution in [-0.2, 0) is 5.21 Å². The van der Waals surface area contributed by atoms with Gasteiger partial charge in [0.1, 0.15) is 0 Å². The molecule has 2 heterocycles. The highest BCUT2D eigenvalue weighted by molar-refractivity contribution is 5.71. The molecule has 0 atom stereocenters. The van der Waals surface area contributed by atoms with Gasteiger partial charge >= 0.3 is 0 Å². The zero-order valence-corrected chi connectivity index (χ0v) is 9.27. The van der Waals surface area contributed by atoms with Crippen LogP contribution < -0.4 is 0 Å². The zero-order chi connectivity index (χ0) is 11.3. The van der Waals surface area contributed by atoms with E-state index in [2.05, 4.69) is 20.6 Å². The topological polar surface area (TPSA) is 77.6 Å². The molecule has 1 aromatic heterocycles. The molecule has 0 fully saturated rings. The quantitative estimate of drug-likeness (QED) is 0.740. The summed E-state index contributed by atoms with van der Waals surface area (Å²) < 4.78 is 0. The molecule has 0 bridgehead atoms. The Labute approximate surface area is 87.9 Å². The SMILES string of the molecule is CC1(C)C=C(c2nn[nH]n2)C(C)(C)N1[O]. The van der Waals surface area contributed by atoms with E-state index in [0.717, 1.165) is 10.6 Å². The summed E-state index contributed by atoms with van der Waals surface area (Å²) in [6, 6.07) is 0. The summed E-state index contributed by atoms with van der Waals surface area (Å²) in [4.78, 5) is 0. The van der Waals surface area contributed by atoms with Crippen LogP contribution in [0.15, 0.2) is 6.08 Å². The number of tetrazole rings is 1. The van der Waals surface area contributed by atoms with Crippen molar-refractivity contribution in [2.75, 3.05) is 0 Å². The largest absolute Gasteiger partial charge is 0.202 e. The van der Waals surface area contributed by atoms with Gasteiger partial charge in [-0.1, -0.05) is 6.08 Å². The van der Waals surface area contributed by atoms with Gasteiger partial charge in [-0.2, -0.15) is 5.21 Å². The van der Waals surface area contributed by atoms with Crippen LogP contribution in [0.5, 0.6) is 0 Å². The van der Waals surface area contributed by atoms with E-state index in [9.17, 15) is 5.21 Å². The van der Waals surface area contributed by atoms with Gasteiger partial charge in [-0.15, -0.1) is 20.5 Å². The predicted octanol–water partition coefficient (Wildman–Crippen LogP) is 0.801. The Bertz CT molecular complexity index is 393. The number of hydroxylamine groups is 2. The Hall–Kier alpha value is -1.27. The minimum Gasteiger partial charge on any atom is -0.177 e. The van der Waals surface area contributed by atoms with Crippen molar-refractivity contribution in [2.45, 2.75) is 38.8 Å². The van der Waals surface area contributed by atoms with Crippen molar-refractivity contribution in [3.8, 4) is 0 Å². The predicted molar refractivity (Wildman–Crippen MR) is 52.8 cm³/mol. The molecule has 0 spiro atoms. The summed E-state index contributed by atoms with van der Waals surface area (Å²) >= 11 is 0. The van der Waals surface area contributed by atoms with Gasteiger partial charge in [-0.05, 0) is 32.9 Å². The molecule has 15 heavy (non-hydrogen) atoms. The van der Waals surface area contributed by atoms with Gasteiger partial charge in [-0.3, -0.25) is 0 Å². The van der Waals surface area contributed by atoms with Gasteiger partial charge in [0.25, 0.3) is 0 Å². The van der Waals surface area contributed by atoms with E-state index < -0.39 is 11.1 Å². The number of hydrogen-bond acceptors (Lipinski definition) is 4. The molecule has 1 N–H and O–H groups in total. The van der Waals surface area contributed by atoms with Crippen LogP contribution in [-0.4, -0.2) is 36.8 Å². The van der Waals surface area contributed by atoms with Gasteiger partial charge < -0.3 is 0 Å². The normalized spacial score (nSPS) is 24.2. The van der Waals surface area contributed by atoms with Crippen LogP contribution in [0.2, 0.25) is 0 Å². The smallest absolute Gasteiger partial charge is 0.177 e. The second-order valence-electron chi connectivity index (χ2n) is 4.80. The van der Waals surface area contributed by atoms with Crippen molar-refractivity contribution in [3.63, 3.8) is 0 Å². The number of hydrogen-bond donors (Lipinski definition) is 1. The summed E-state index contributed by atoms with van der Waals surface area (Å²) in [7, 11) is 0. The zero-order valence-electron chi connectivity index (χ0n) is 9.27. The third-order valence-corrected chi connectivity index (χ3v) is 2.77. The Morgan fingerprint density at radius 3 is 2.40 bits per heavy atom. The first-order valence-electron chi connectivity index (χ1n) is 4.80. The lowest BCUT2D eigenvalue weighted by Gasteiger charge is -2.33. The summed E-state index contributed by atoms with van der Waals surface area (Å²) in [5.74, 6) is 0.492. The molecule has 0 saturated carbocycles. The van der Waals surface area contributed by atoms with Crippen LogP contribution in [0.1, 0.15) is 33.5 Å². The highest BCUT2D eigenvalue weighted by Gasteiger charge is 2.48. The van der Waals surface area contributed by atoms with E-state index in [4.69, 9.17) is 0 Å². The van der Waals surface area contributed by atoms with E-state index in [1.54, 1.807) is 0 Å². The maximum Gasteiger partial charge on any atom is 0.202 e. The van der Waals surface area contributed by atoms with E-state index in [1.807, 2.05) is 33.8 Å². The molecule has 2 rings (SSSR count). The average molecular weight is 208 g/mol. The van der Waals surface area contributed by atoms with Crippen LogP contribution in [0, 0.1) is 0 Å². The molecule has 0 amide bonds. The Balaban J connectivity index is 2.49. The first-order valence-corrected chi connectivity index (χ1v) is 4.80. The Morgan fingerprint density at radius 2 is 2.00 bits per heavy atom. The minimum absolute atomic E-state index is 0.492. The molecule has 1 aliphatic heterocycles. The van der Waals surface area contributed by atoms with Crippen molar-refractivity contribution in [2.24, 2.45) is 0 Å². The first kappa shape index (κ1) is 10.3. The molecule has 0 saturated heterocycles. The van der Waals surface area contributed by atoms with Crippen LogP contribution in [0.4, 0.5) is 0 Å². The number of nitrogens with zero attached hydrogens (tertiary/aromatic N) is 4. The van der Waals surface area contributed by atoms with Crippen LogP contribution in [0.3, 0.4) is 0 Å². The molecule has 0 aliphatic carbocycles. The number of rotatable bonds is 1. The third kappa shape index (κ3) is 1.37. The summed E-state index contributed by atoms with van der Waals surface area (Å²) in [5.41, 5.74) is -0.330. The molecule has 6 nitrogen and oxygen atoms in total. The van der Waals surface area contributed by atoms with Gasteiger partial charge in [0.05, 0.1) is 11.1 Å². The lowest BCUT2D eigenvalue weighted by molar-refractivity contribution is -0.234. The van der Waals surface area contributed by atoms with E-state index in [0.29, 0.717) is 5.82 Å². The summed E-state index contributed by atoms with van der Waals surface area (Å²) in [6.07, 6.45) is 1.89. The number of H-pyrrole nitrogens is 1. The monoisotopic (exact) mass is 208 g/mol. The van der Waals surface area contributed by atoms with Crippen molar-refractivity contribution < 1.29 is 5.21 Å². The molecule has 81 valence electrons. The molecule has 1 radical (unpaired) electrons. The molecule has 0 unspecified atom stereocenters. The fraction of sp³-hybridized carbons (Fsp3) is 0.667. The maximum absolute atomic E-state index is 12.0. The highest BCUT2D eigenvalue weighted by Crippen LogP contribution is 2.42. The van der Waals surface area contributed by atoms with Crippen molar-refractivity contribution in [1.82, 2.24) is 25.7 Å². The van der Waals surface area contributed by atoms with Gasteiger partial charge in [0.2, 0.25) is 5.82 Å². The van der Waals surface area contributed by atoms with Crippen molar-refractivity contribution in [3.05, 3.63) is 11.9 Å². The van der Waals surface area contributed by atoms with Crippen LogP contribution >= 0.6 is 0 Å². The molecule has 1 aromatic rings. The van der Waals surface area contributed by atoms with Crippen molar-refractivity contribution in [1.29, 1.82) is 0 Å². The maximum atomic E-state index is 12.0. The summed E-state index contributed by atoms with van der Waals surface area (Å²) in [5, 5.41) is 26.8. The fourth-order valence-corrected chi connectivity index (χ4v) is 2.03. The average Bonchev–Trinajstić information content (AvgIpc) is 2.69. The first-order chi connectivity index (χ1) is 6.86. The number of aromatic nitrogens is 4. The van der Waals surface area contributed by atoms with E-state index >= 15 is 0 Å². The molecule has 0 aromatic carbocycles. The lowest BCUT2D eigenvalue weighted by atomic mass is 9.96. The number of aromatic amines is 1. The Morgan fingerprint density at radius 1 is 1.33 bits per heavy atom. The van der Waals surface area contributed by atoms with Gasteiger partial charge in [-0.25, -0.2) is 0 Å². The van der Waals surface area contributed by atoms with Crippen molar-refractivity contribution >= 4 is 5.57 Å². The second kappa shape index (κ2) is 2.86. The summed E-state index contributed by atoms with van der Waals surface area (Å²) in [6.45, 7) is 7.46. The standard InChI is InChI=1S/C9H14N5O/c1-8(2)5-6(7-10-12-13-11-7)9(3,4)14(8)15/h5H,1-4H3,(H,10,11,12,13). The molecule has 1 aliphatic rings. The van der Waals surface area contributed by atoms with Gasteiger partial charge in [0, 0.05) is 5.57 Å². The molecular weight excluding hydrogens is 194 g/mol. The Kier molecular flexibility index (Phi) is 1.96. The fourth-order valence-electron chi connectivity index (χ4n) is 2.03. The van der Waals surface area contributed by atoms with Gasteiger partial charge in [0.15, 0.2) is 0 Å². The van der Waals surface area contributed by atoms with Crippen LogP contribution in [0.25, 0.3) is 5.57 Å². The highest BCUT2D eigenvalue weighted by atomic mass is 16.5. The number of nitrogens with one attached hydrogen (secondary N) is 1. The molecular formula is C9H14N5O.